The summed E-state index contributed by atoms with van der Waals surface area (Å²) in [6.07, 6.45) is -3.08. The van der Waals surface area contributed by atoms with E-state index < -0.39 is 55.4 Å². The minimum Gasteiger partial charge on any atom is -0.465 e. The summed E-state index contributed by atoms with van der Waals surface area (Å²) in [5.41, 5.74) is 0. The normalized spacial score (nSPS) is 14.0. The van der Waals surface area contributed by atoms with Crippen LogP contribution >= 0.6 is 0 Å². The number of carbonyl (C=O) groups is 3. The second-order valence-electron chi connectivity index (χ2n) is 6.89. The standard InChI is InChI=1S/C19H34O13/c1-13(21)30-4-15(5-31-14(2)22)6-32-19(26)12-29-11-18(25)10-28-9-17(24)8-27-7-16(23)3-20/h15-18,20,23-25H,3-12H2,1-2H3. The molecule has 0 saturated heterocycles. The summed E-state index contributed by atoms with van der Waals surface area (Å²) in [4.78, 5) is 33.5. The lowest BCUT2D eigenvalue weighted by Crippen LogP contribution is -2.30. The number of rotatable bonds is 19. The summed E-state index contributed by atoms with van der Waals surface area (Å²) in [7, 11) is 0. The van der Waals surface area contributed by atoms with Crippen LogP contribution in [-0.4, -0.2) is 123 Å². The summed E-state index contributed by atoms with van der Waals surface area (Å²) >= 11 is 0. The van der Waals surface area contributed by atoms with E-state index in [2.05, 4.69) is 0 Å². The lowest BCUT2D eigenvalue weighted by Gasteiger charge is -2.17. The average molecular weight is 470 g/mol. The van der Waals surface area contributed by atoms with Gasteiger partial charge >= 0.3 is 17.9 Å². The molecule has 3 atom stereocenters. The number of ether oxygens (including phenoxy) is 6. The molecule has 188 valence electrons. The molecule has 13 nitrogen and oxygen atoms in total. The monoisotopic (exact) mass is 470 g/mol. The molecule has 0 aromatic carbocycles. The summed E-state index contributed by atoms with van der Waals surface area (Å²) < 4.78 is 29.7. The van der Waals surface area contributed by atoms with Crippen molar-refractivity contribution in [2.45, 2.75) is 32.2 Å². The molecule has 0 spiro atoms. The van der Waals surface area contributed by atoms with Gasteiger partial charge in [-0.1, -0.05) is 0 Å². The van der Waals surface area contributed by atoms with Crippen molar-refractivity contribution in [3.05, 3.63) is 0 Å². The zero-order valence-corrected chi connectivity index (χ0v) is 18.3. The predicted octanol–water partition coefficient (Wildman–Crippen LogP) is -2.60. The van der Waals surface area contributed by atoms with E-state index in [1.807, 2.05) is 0 Å². The highest BCUT2D eigenvalue weighted by atomic mass is 16.6. The van der Waals surface area contributed by atoms with Crippen molar-refractivity contribution in [3.63, 3.8) is 0 Å². The Morgan fingerprint density at radius 2 is 1.03 bits per heavy atom. The highest BCUT2D eigenvalue weighted by Gasteiger charge is 2.16. The SMILES string of the molecule is CC(=O)OCC(COC(C)=O)COC(=O)COCC(O)COCC(O)COCC(O)CO. The Labute approximate surface area is 186 Å². The van der Waals surface area contributed by atoms with E-state index >= 15 is 0 Å². The third-order valence-corrected chi connectivity index (χ3v) is 3.51. The fourth-order valence-corrected chi connectivity index (χ4v) is 1.97. The van der Waals surface area contributed by atoms with Crippen molar-refractivity contribution < 1.29 is 63.2 Å². The van der Waals surface area contributed by atoms with Crippen LogP contribution in [0.4, 0.5) is 0 Å². The number of hydrogen-bond acceptors (Lipinski definition) is 13. The highest BCUT2D eigenvalue weighted by Crippen LogP contribution is 2.02. The number of hydrogen-bond donors (Lipinski definition) is 4. The van der Waals surface area contributed by atoms with Gasteiger partial charge in [0.15, 0.2) is 0 Å². The van der Waals surface area contributed by atoms with Crippen LogP contribution in [-0.2, 0) is 42.8 Å². The van der Waals surface area contributed by atoms with Crippen LogP contribution in [0.15, 0.2) is 0 Å². The maximum atomic E-state index is 11.7. The summed E-state index contributed by atoms with van der Waals surface area (Å²) in [5.74, 6) is -2.31. The first-order chi connectivity index (χ1) is 15.1. The molecule has 3 unspecified atom stereocenters. The summed E-state index contributed by atoms with van der Waals surface area (Å²) in [5, 5.41) is 37.1. The number of aliphatic hydroxyl groups is 4. The second kappa shape index (κ2) is 18.7. The third-order valence-electron chi connectivity index (χ3n) is 3.51. The van der Waals surface area contributed by atoms with Gasteiger partial charge in [-0.2, -0.15) is 0 Å². The van der Waals surface area contributed by atoms with Crippen LogP contribution in [0, 0.1) is 5.92 Å². The molecule has 0 fully saturated rings. The van der Waals surface area contributed by atoms with Crippen LogP contribution in [0.25, 0.3) is 0 Å². The van der Waals surface area contributed by atoms with E-state index in [-0.39, 0.29) is 52.9 Å². The Hall–Kier alpha value is -1.87. The van der Waals surface area contributed by atoms with Gasteiger partial charge in [-0.15, -0.1) is 0 Å². The molecule has 0 aromatic rings. The Bertz CT molecular complexity index is 509. The Morgan fingerprint density at radius 3 is 1.47 bits per heavy atom. The number of aliphatic hydroxyl groups excluding tert-OH is 4. The Morgan fingerprint density at radius 1 is 0.625 bits per heavy atom. The molecule has 32 heavy (non-hydrogen) atoms. The maximum Gasteiger partial charge on any atom is 0.332 e. The second-order valence-corrected chi connectivity index (χ2v) is 6.89. The molecule has 0 saturated carbocycles. The molecule has 0 radical (unpaired) electrons. The van der Waals surface area contributed by atoms with E-state index in [1.54, 1.807) is 0 Å². The van der Waals surface area contributed by atoms with Gasteiger partial charge in [0.1, 0.15) is 44.7 Å². The topological polar surface area (TPSA) is 188 Å². The van der Waals surface area contributed by atoms with Gasteiger partial charge in [-0.05, 0) is 0 Å². The van der Waals surface area contributed by atoms with Crippen LogP contribution in [0.3, 0.4) is 0 Å². The van der Waals surface area contributed by atoms with Gasteiger partial charge in [0, 0.05) is 13.8 Å². The fourth-order valence-electron chi connectivity index (χ4n) is 1.97. The van der Waals surface area contributed by atoms with Gasteiger partial charge < -0.3 is 48.8 Å². The third kappa shape index (κ3) is 18.9. The molecular weight excluding hydrogens is 436 g/mol. The minimum absolute atomic E-state index is 0.0916. The molecule has 0 aliphatic rings. The van der Waals surface area contributed by atoms with Crippen molar-refractivity contribution in [2.75, 3.05) is 66.1 Å². The molecule has 0 aliphatic heterocycles. The molecule has 13 heteroatoms. The summed E-state index contributed by atoms with van der Waals surface area (Å²) in [6, 6.07) is 0. The van der Waals surface area contributed by atoms with E-state index in [0.717, 1.165) is 0 Å². The number of carbonyl (C=O) groups excluding carboxylic acids is 3. The van der Waals surface area contributed by atoms with Crippen LogP contribution < -0.4 is 0 Å². The van der Waals surface area contributed by atoms with Gasteiger partial charge in [-0.25, -0.2) is 4.79 Å². The quantitative estimate of drug-likeness (QED) is 0.114. The van der Waals surface area contributed by atoms with E-state index in [4.69, 9.17) is 38.6 Å². The van der Waals surface area contributed by atoms with Crippen LogP contribution in [0.5, 0.6) is 0 Å². The van der Waals surface area contributed by atoms with Crippen LogP contribution in [0.2, 0.25) is 0 Å². The van der Waals surface area contributed by atoms with Gasteiger partial charge in [0.05, 0.1) is 45.6 Å². The first-order valence-electron chi connectivity index (χ1n) is 9.94. The smallest absolute Gasteiger partial charge is 0.332 e. The first kappa shape index (κ1) is 30.1. The van der Waals surface area contributed by atoms with Crippen molar-refractivity contribution in [1.29, 1.82) is 0 Å². The Balaban J connectivity index is 3.93. The molecule has 0 rings (SSSR count). The highest BCUT2D eigenvalue weighted by molar-refractivity contribution is 5.70. The minimum atomic E-state index is -1.06. The Kier molecular flexibility index (Phi) is 17.6. The molecule has 4 N–H and O–H groups in total. The zero-order valence-electron chi connectivity index (χ0n) is 18.3. The van der Waals surface area contributed by atoms with Gasteiger partial charge in [-0.3, -0.25) is 9.59 Å². The summed E-state index contributed by atoms with van der Waals surface area (Å²) in [6.45, 7) is 0.409. The lowest BCUT2D eigenvalue weighted by molar-refractivity contribution is -0.155. The largest absolute Gasteiger partial charge is 0.465 e. The molecular formula is C19H34O13. The van der Waals surface area contributed by atoms with E-state index in [9.17, 15) is 24.6 Å². The van der Waals surface area contributed by atoms with Crippen molar-refractivity contribution in [1.82, 2.24) is 0 Å². The average Bonchev–Trinajstić information content (AvgIpc) is 2.72. The van der Waals surface area contributed by atoms with Gasteiger partial charge in [0.2, 0.25) is 0 Å². The zero-order chi connectivity index (χ0) is 24.4. The maximum absolute atomic E-state index is 11.7. The molecule has 0 heterocycles. The van der Waals surface area contributed by atoms with Crippen LogP contribution in [0.1, 0.15) is 13.8 Å². The fraction of sp³-hybridized carbons (Fsp3) is 0.842. The molecule has 0 amide bonds. The predicted molar refractivity (Wildman–Crippen MR) is 105 cm³/mol. The molecule has 0 aliphatic carbocycles. The van der Waals surface area contributed by atoms with Crippen molar-refractivity contribution in [2.24, 2.45) is 5.92 Å². The molecule has 0 aromatic heterocycles. The lowest BCUT2D eigenvalue weighted by atomic mass is 10.2. The van der Waals surface area contributed by atoms with Crippen molar-refractivity contribution >= 4 is 17.9 Å². The van der Waals surface area contributed by atoms with Gasteiger partial charge in [0.25, 0.3) is 0 Å². The van der Waals surface area contributed by atoms with E-state index in [0.29, 0.717) is 0 Å². The first-order valence-corrected chi connectivity index (χ1v) is 9.94. The molecule has 0 bridgehead atoms. The van der Waals surface area contributed by atoms with Crippen molar-refractivity contribution in [3.8, 4) is 0 Å². The number of esters is 3. The van der Waals surface area contributed by atoms with E-state index in [1.165, 1.54) is 13.8 Å².